The third kappa shape index (κ3) is 6.64. The average Bonchev–Trinajstić information content (AvgIpc) is 3.69. The van der Waals surface area contributed by atoms with Gasteiger partial charge < -0.3 is 39.8 Å². The Morgan fingerprint density at radius 2 is 1.86 bits per heavy atom. The highest BCUT2D eigenvalue weighted by Crippen LogP contribution is 2.37. The molecule has 2 aromatic rings. The molecule has 0 bridgehead atoms. The first-order chi connectivity index (χ1) is 21.1. The number of carbonyl (C=O) groups excluding carboxylic acids is 1. The van der Waals surface area contributed by atoms with Crippen LogP contribution in [0.3, 0.4) is 0 Å². The number of piperidine rings is 1. The van der Waals surface area contributed by atoms with E-state index in [0.717, 1.165) is 17.8 Å². The Bertz CT molecular complexity index is 1360. The van der Waals surface area contributed by atoms with Crippen LogP contribution in [-0.2, 0) is 19.1 Å². The van der Waals surface area contributed by atoms with Crippen molar-refractivity contribution in [1.29, 1.82) is 0 Å². The van der Waals surface area contributed by atoms with Gasteiger partial charge in [-0.2, -0.15) is 0 Å². The maximum atomic E-state index is 13.9. The second-order valence-electron chi connectivity index (χ2n) is 11.0. The summed E-state index contributed by atoms with van der Waals surface area (Å²) in [6.07, 6.45) is -2.77. The fourth-order valence-electron chi connectivity index (χ4n) is 5.85. The summed E-state index contributed by atoms with van der Waals surface area (Å²) in [4.78, 5) is 30.4. The number of ether oxygens (including phenoxy) is 2. The largest absolute Gasteiger partial charge is 0.465 e. The number of amides is 2. The molecule has 1 aromatic carbocycles. The van der Waals surface area contributed by atoms with E-state index in [-0.39, 0.29) is 23.6 Å². The predicted molar refractivity (Wildman–Crippen MR) is 144 cm³/mol. The smallest absolute Gasteiger partial charge is 0.407 e. The molecule has 4 N–H and O–H groups in total. The van der Waals surface area contributed by atoms with Gasteiger partial charge in [0.2, 0.25) is 5.91 Å². The average molecular weight is 627 g/mol. The molecule has 0 radical (unpaired) electrons. The Hall–Kier alpha value is -3.80. The lowest BCUT2D eigenvalue weighted by Crippen LogP contribution is -2.57. The monoisotopic (exact) mass is 626 g/mol. The van der Waals surface area contributed by atoms with E-state index in [2.05, 4.69) is 20.8 Å². The number of hydrogen-bond donors (Lipinski definition) is 4. The van der Waals surface area contributed by atoms with Gasteiger partial charge in [-0.1, -0.05) is 10.4 Å². The summed E-state index contributed by atoms with van der Waals surface area (Å²) in [5.74, 6) is -4.88. The second kappa shape index (κ2) is 13.5. The molecule has 3 aliphatic rings. The van der Waals surface area contributed by atoms with Crippen molar-refractivity contribution in [3.05, 3.63) is 35.8 Å². The standard InChI is InChI=1S/C27H33F3N6O8/c1-31-22(38)12-42-26-20(9-15-8-18(33-44-15)13-2-4-35(5-3-13)27(40)41)43-21(11-37)25(39)24(26)36-10-19(32-34-36)14-6-16(28)23(30)17(29)7-14/h6-7,10,13,15,20-21,24-26,37,39H,2-5,8-9,11-12H2,1H3,(H,31,38)(H,40,41)/t15?,20-,21-,24+,25+,26+/m1/s1. The third-order valence-corrected chi connectivity index (χ3v) is 8.23. The molecule has 1 aromatic heterocycles. The first-order valence-corrected chi connectivity index (χ1v) is 14.1. The Labute approximate surface area is 249 Å². The molecule has 2 fully saturated rings. The molecule has 2 saturated heterocycles. The van der Waals surface area contributed by atoms with Gasteiger partial charge in [0.1, 0.15) is 42.8 Å². The number of hydrogen-bond acceptors (Lipinski definition) is 10. The van der Waals surface area contributed by atoms with E-state index in [1.54, 1.807) is 0 Å². The van der Waals surface area contributed by atoms with Crippen molar-refractivity contribution in [2.75, 3.05) is 33.4 Å². The van der Waals surface area contributed by atoms with Crippen molar-refractivity contribution in [2.45, 2.75) is 62.2 Å². The quantitative estimate of drug-likeness (QED) is 0.294. The van der Waals surface area contributed by atoms with E-state index in [4.69, 9.17) is 14.3 Å². The number of aliphatic hydroxyl groups is 2. The van der Waals surface area contributed by atoms with Crippen LogP contribution < -0.4 is 5.32 Å². The number of nitrogens with one attached hydrogen (secondary N) is 1. The maximum absolute atomic E-state index is 13.9. The third-order valence-electron chi connectivity index (χ3n) is 8.23. The molecular weight excluding hydrogens is 593 g/mol. The molecule has 6 atom stereocenters. The molecule has 3 aliphatic heterocycles. The van der Waals surface area contributed by atoms with Gasteiger partial charge >= 0.3 is 6.09 Å². The number of oxime groups is 1. The minimum atomic E-state index is -1.63. The van der Waals surface area contributed by atoms with Gasteiger partial charge in [-0.15, -0.1) is 5.10 Å². The van der Waals surface area contributed by atoms with Gasteiger partial charge in [-0.25, -0.2) is 22.6 Å². The number of halogens is 3. The van der Waals surface area contributed by atoms with Gasteiger partial charge in [0.15, 0.2) is 17.5 Å². The lowest BCUT2D eigenvalue weighted by Gasteiger charge is -2.44. The van der Waals surface area contributed by atoms with Crippen LogP contribution in [0.4, 0.5) is 18.0 Å². The first-order valence-electron chi connectivity index (χ1n) is 14.1. The van der Waals surface area contributed by atoms with Crippen LogP contribution >= 0.6 is 0 Å². The number of nitrogens with zero attached hydrogens (tertiary/aromatic N) is 5. The van der Waals surface area contributed by atoms with Crippen LogP contribution in [0.2, 0.25) is 0 Å². The van der Waals surface area contributed by atoms with Gasteiger partial charge in [-0.05, 0) is 25.0 Å². The minimum Gasteiger partial charge on any atom is -0.465 e. The molecule has 14 nitrogen and oxygen atoms in total. The lowest BCUT2D eigenvalue weighted by atomic mass is 9.86. The highest BCUT2D eigenvalue weighted by molar-refractivity contribution is 5.88. The zero-order valence-electron chi connectivity index (χ0n) is 23.7. The van der Waals surface area contributed by atoms with Crippen LogP contribution in [0.5, 0.6) is 0 Å². The summed E-state index contributed by atoms with van der Waals surface area (Å²) in [5.41, 5.74) is 0.661. The van der Waals surface area contributed by atoms with Crippen molar-refractivity contribution in [3.8, 4) is 11.3 Å². The van der Waals surface area contributed by atoms with E-state index >= 15 is 0 Å². The zero-order valence-corrected chi connectivity index (χ0v) is 23.7. The molecule has 4 heterocycles. The van der Waals surface area contributed by atoms with E-state index in [0.29, 0.717) is 32.4 Å². The van der Waals surface area contributed by atoms with Crippen molar-refractivity contribution in [3.63, 3.8) is 0 Å². The Morgan fingerprint density at radius 1 is 1.16 bits per heavy atom. The Kier molecular flexibility index (Phi) is 9.67. The number of aliphatic hydroxyl groups excluding tert-OH is 2. The highest BCUT2D eigenvalue weighted by atomic mass is 19.2. The Morgan fingerprint density at radius 3 is 2.50 bits per heavy atom. The van der Waals surface area contributed by atoms with Gasteiger partial charge in [0, 0.05) is 44.5 Å². The molecule has 17 heteroatoms. The number of benzene rings is 1. The molecule has 240 valence electrons. The number of rotatable bonds is 9. The SMILES string of the molecule is CNC(=O)CO[C@@H]1[C@@H](n2cc(-c3cc(F)c(F)c(F)c3)nn2)[C@@H](O)[C@@H](CO)O[C@@H]1CC1CC(C2CCN(C(=O)O)CC2)=NO1. The van der Waals surface area contributed by atoms with Crippen LogP contribution in [0.25, 0.3) is 11.3 Å². The number of likely N-dealkylation sites (tertiary alicyclic amines) is 1. The summed E-state index contributed by atoms with van der Waals surface area (Å²) in [5, 5.41) is 45.1. The molecule has 0 saturated carbocycles. The predicted octanol–water partition coefficient (Wildman–Crippen LogP) is 1.08. The molecule has 44 heavy (non-hydrogen) atoms. The molecule has 2 amide bonds. The fourth-order valence-corrected chi connectivity index (χ4v) is 5.85. The van der Waals surface area contributed by atoms with Crippen LogP contribution in [-0.4, -0.2) is 117 Å². The highest BCUT2D eigenvalue weighted by Gasteiger charge is 2.49. The van der Waals surface area contributed by atoms with Gasteiger partial charge in [-0.3, -0.25) is 4.79 Å². The van der Waals surface area contributed by atoms with E-state index in [1.807, 2.05) is 0 Å². The second-order valence-corrected chi connectivity index (χ2v) is 11.0. The van der Waals surface area contributed by atoms with Crippen molar-refractivity contribution in [2.24, 2.45) is 11.1 Å². The summed E-state index contributed by atoms with van der Waals surface area (Å²) >= 11 is 0. The number of carboxylic acid groups (broad SMARTS) is 1. The molecule has 1 unspecified atom stereocenters. The summed E-state index contributed by atoms with van der Waals surface area (Å²) < 4.78 is 54.5. The zero-order chi connectivity index (χ0) is 31.5. The van der Waals surface area contributed by atoms with E-state index < -0.39 is 79.2 Å². The van der Waals surface area contributed by atoms with Crippen LogP contribution in [0.1, 0.15) is 31.7 Å². The van der Waals surface area contributed by atoms with Crippen LogP contribution in [0.15, 0.2) is 23.5 Å². The number of aromatic nitrogens is 3. The first kappa shape index (κ1) is 31.6. The number of likely N-dealkylation sites (N-methyl/N-ethyl adjacent to an activating group) is 1. The maximum Gasteiger partial charge on any atom is 0.407 e. The number of carbonyl (C=O) groups is 2. The van der Waals surface area contributed by atoms with Crippen molar-refractivity contribution in [1.82, 2.24) is 25.2 Å². The normalized spacial score (nSPS) is 27.6. The van der Waals surface area contributed by atoms with Crippen molar-refractivity contribution >= 4 is 17.7 Å². The summed E-state index contributed by atoms with van der Waals surface area (Å²) in [6, 6.07) is 0.424. The van der Waals surface area contributed by atoms with Crippen LogP contribution in [0, 0.1) is 23.4 Å². The topological polar surface area (TPSA) is 181 Å². The van der Waals surface area contributed by atoms with Gasteiger partial charge in [0.05, 0.1) is 24.6 Å². The molecule has 5 rings (SSSR count). The van der Waals surface area contributed by atoms with Gasteiger partial charge in [0.25, 0.3) is 0 Å². The fraction of sp³-hybridized carbons (Fsp3) is 0.593. The van der Waals surface area contributed by atoms with Crippen molar-refractivity contribution < 1.29 is 52.4 Å². The molecular formula is C27H33F3N6O8. The molecule has 0 spiro atoms. The van der Waals surface area contributed by atoms with E-state index in [9.17, 15) is 38.1 Å². The molecule has 0 aliphatic carbocycles. The summed E-state index contributed by atoms with van der Waals surface area (Å²) in [7, 11) is 1.42. The van der Waals surface area contributed by atoms with E-state index in [1.165, 1.54) is 22.8 Å². The lowest BCUT2D eigenvalue weighted by molar-refractivity contribution is -0.224. The Balaban J connectivity index is 1.36. The summed E-state index contributed by atoms with van der Waals surface area (Å²) in [6.45, 7) is -0.222. The minimum absolute atomic E-state index is 0.0326.